The SMILES string of the molecule is CN1CC(c2ccc(F)cc2F)C(C(O)c2cccnc2)=C1c1ccc(Cl)cc1. The molecular weight excluding hydrogens is 394 g/mol. The van der Waals surface area contributed by atoms with E-state index in [9.17, 15) is 13.9 Å². The lowest BCUT2D eigenvalue weighted by Crippen LogP contribution is -2.16. The Bertz CT molecular complexity index is 1050. The van der Waals surface area contributed by atoms with E-state index in [0.29, 0.717) is 28.3 Å². The lowest BCUT2D eigenvalue weighted by Gasteiger charge is -2.21. The molecule has 6 heteroatoms. The number of hydrogen-bond donors (Lipinski definition) is 1. The minimum atomic E-state index is -0.992. The maximum absolute atomic E-state index is 14.7. The van der Waals surface area contributed by atoms with Crippen LogP contribution in [0, 0.1) is 11.6 Å². The molecule has 0 saturated heterocycles. The Morgan fingerprint density at radius 1 is 1.14 bits per heavy atom. The third kappa shape index (κ3) is 3.76. The highest BCUT2D eigenvalue weighted by Crippen LogP contribution is 2.46. The molecule has 1 aliphatic rings. The first kappa shape index (κ1) is 19.6. The molecule has 4 rings (SSSR count). The predicted molar refractivity (Wildman–Crippen MR) is 109 cm³/mol. The summed E-state index contributed by atoms with van der Waals surface area (Å²) >= 11 is 6.04. The highest BCUT2D eigenvalue weighted by Gasteiger charge is 2.37. The Labute approximate surface area is 172 Å². The van der Waals surface area contributed by atoms with Crippen molar-refractivity contribution in [2.45, 2.75) is 12.0 Å². The van der Waals surface area contributed by atoms with E-state index in [1.54, 1.807) is 36.7 Å². The van der Waals surface area contributed by atoms with E-state index in [1.807, 2.05) is 24.1 Å². The van der Waals surface area contributed by atoms with Gasteiger partial charge in [0, 0.05) is 54.3 Å². The van der Waals surface area contributed by atoms with Gasteiger partial charge in [-0.15, -0.1) is 0 Å². The van der Waals surface area contributed by atoms with Crippen molar-refractivity contribution >= 4 is 17.3 Å². The van der Waals surface area contributed by atoms with Gasteiger partial charge in [0.15, 0.2) is 0 Å². The van der Waals surface area contributed by atoms with Crippen LogP contribution in [0.2, 0.25) is 5.02 Å². The smallest absolute Gasteiger partial charge is 0.129 e. The summed E-state index contributed by atoms with van der Waals surface area (Å²) in [5.41, 5.74) is 3.26. The number of rotatable bonds is 4. The molecule has 3 aromatic rings. The molecule has 1 N–H and O–H groups in total. The lowest BCUT2D eigenvalue weighted by molar-refractivity contribution is 0.209. The molecule has 0 bridgehead atoms. The molecule has 2 aromatic carbocycles. The number of halogens is 3. The Morgan fingerprint density at radius 2 is 1.90 bits per heavy atom. The minimum Gasteiger partial charge on any atom is -0.384 e. The Kier molecular flexibility index (Phi) is 5.35. The molecule has 2 unspecified atom stereocenters. The molecular formula is C23H19ClF2N2O. The van der Waals surface area contributed by atoms with Crippen LogP contribution in [0.15, 0.2) is 72.6 Å². The number of hydrogen-bond acceptors (Lipinski definition) is 3. The molecule has 148 valence electrons. The molecule has 0 saturated carbocycles. The largest absolute Gasteiger partial charge is 0.384 e. The summed E-state index contributed by atoms with van der Waals surface area (Å²) in [6.45, 7) is 0.452. The van der Waals surface area contributed by atoms with Crippen molar-refractivity contribution in [2.75, 3.05) is 13.6 Å². The average Bonchev–Trinajstić information content (AvgIpc) is 3.05. The first-order valence-electron chi connectivity index (χ1n) is 9.19. The minimum absolute atomic E-state index is 0.347. The number of benzene rings is 2. The molecule has 2 atom stereocenters. The summed E-state index contributed by atoms with van der Waals surface area (Å²) in [6.07, 6.45) is 2.23. The number of aliphatic hydroxyl groups is 1. The normalized spacial score (nSPS) is 17.7. The number of aliphatic hydroxyl groups excluding tert-OH is 1. The number of aromatic nitrogens is 1. The predicted octanol–water partition coefficient (Wildman–Crippen LogP) is 5.19. The molecule has 3 nitrogen and oxygen atoms in total. The van der Waals surface area contributed by atoms with Crippen LogP contribution in [-0.2, 0) is 0 Å². The van der Waals surface area contributed by atoms with Gasteiger partial charge in [0.05, 0.1) is 0 Å². The van der Waals surface area contributed by atoms with Crippen molar-refractivity contribution in [3.05, 3.63) is 106 Å². The van der Waals surface area contributed by atoms with Gasteiger partial charge >= 0.3 is 0 Å². The number of nitrogens with zero attached hydrogens (tertiary/aromatic N) is 2. The van der Waals surface area contributed by atoms with Crippen LogP contribution < -0.4 is 0 Å². The summed E-state index contributed by atoms with van der Waals surface area (Å²) in [5, 5.41) is 11.9. The molecule has 2 heterocycles. The monoisotopic (exact) mass is 412 g/mol. The Hall–Kier alpha value is -2.76. The van der Waals surface area contributed by atoms with Gasteiger partial charge in [0.1, 0.15) is 17.7 Å². The number of pyridine rings is 1. The van der Waals surface area contributed by atoms with Crippen LogP contribution in [0.5, 0.6) is 0 Å². The molecule has 0 aliphatic carbocycles. The van der Waals surface area contributed by atoms with E-state index >= 15 is 0 Å². The highest BCUT2D eigenvalue weighted by molar-refractivity contribution is 6.30. The topological polar surface area (TPSA) is 36.4 Å². The standard InChI is InChI=1S/C23H19ClF2N2O/c1-28-13-19(18-9-8-17(25)11-20(18)26)21(23(29)15-3-2-10-27-12-15)22(28)14-4-6-16(24)7-5-14/h2-12,19,23,29H,13H2,1H3. The molecule has 1 aromatic heterocycles. The zero-order valence-electron chi connectivity index (χ0n) is 15.7. The summed E-state index contributed by atoms with van der Waals surface area (Å²) in [7, 11) is 1.89. The summed E-state index contributed by atoms with van der Waals surface area (Å²) in [4.78, 5) is 6.07. The summed E-state index contributed by atoms with van der Waals surface area (Å²) in [5.74, 6) is -1.70. The van der Waals surface area contributed by atoms with Crippen LogP contribution in [0.25, 0.3) is 5.70 Å². The van der Waals surface area contributed by atoms with Crippen molar-refractivity contribution in [1.29, 1.82) is 0 Å². The third-order valence-electron chi connectivity index (χ3n) is 5.24. The van der Waals surface area contributed by atoms with Gasteiger partial charge in [0.2, 0.25) is 0 Å². The summed E-state index contributed by atoms with van der Waals surface area (Å²) in [6, 6.07) is 14.4. The van der Waals surface area contributed by atoms with Crippen LogP contribution in [0.3, 0.4) is 0 Å². The maximum atomic E-state index is 14.7. The Morgan fingerprint density at radius 3 is 2.55 bits per heavy atom. The van der Waals surface area contributed by atoms with Crippen LogP contribution in [0.4, 0.5) is 8.78 Å². The van der Waals surface area contributed by atoms with E-state index in [1.165, 1.54) is 12.1 Å². The van der Waals surface area contributed by atoms with Crippen LogP contribution in [-0.4, -0.2) is 28.6 Å². The molecule has 0 radical (unpaired) electrons. The molecule has 0 spiro atoms. The first-order chi connectivity index (χ1) is 14.0. The van der Waals surface area contributed by atoms with Gasteiger partial charge in [0.25, 0.3) is 0 Å². The molecule has 0 amide bonds. The third-order valence-corrected chi connectivity index (χ3v) is 5.49. The van der Waals surface area contributed by atoms with Gasteiger partial charge in [-0.25, -0.2) is 8.78 Å². The van der Waals surface area contributed by atoms with E-state index in [4.69, 9.17) is 11.6 Å². The van der Waals surface area contributed by atoms with Crippen molar-refractivity contribution in [3.63, 3.8) is 0 Å². The fourth-order valence-electron chi connectivity index (χ4n) is 3.93. The van der Waals surface area contributed by atoms with Crippen LogP contribution in [0.1, 0.15) is 28.7 Å². The second-order valence-electron chi connectivity index (χ2n) is 7.10. The highest BCUT2D eigenvalue weighted by atomic mass is 35.5. The van der Waals surface area contributed by atoms with Crippen LogP contribution >= 0.6 is 11.6 Å². The lowest BCUT2D eigenvalue weighted by atomic mass is 9.85. The van der Waals surface area contributed by atoms with Crippen molar-refractivity contribution in [1.82, 2.24) is 9.88 Å². The second kappa shape index (κ2) is 7.93. The van der Waals surface area contributed by atoms with Gasteiger partial charge in [-0.05, 0) is 41.0 Å². The molecule has 1 aliphatic heterocycles. The first-order valence-corrected chi connectivity index (χ1v) is 9.57. The zero-order chi connectivity index (χ0) is 20.5. The van der Waals surface area contributed by atoms with E-state index in [-0.39, 0.29) is 0 Å². The maximum Gasteiger partial charge on any atom is 0.129 e. The number of likely N-dealkylation sites (N-methyl/N-ethyl adjacent to an activating group) is 1. The summed E-state index contributed by atoms with van der Waals surface area (Å²) < 4.78 is 28.1. The van der Waals surface area contributed by atoms with E-state index in [2.05, 4.69) is 4.98 Å². The fourth-order valence-corrected chi connectivity index (χ4v) is 4.06. The van der Waals surface area contributed by atoms with Gasteiger partial charge in [-0.2, -0.15) is 0 Å². The average molecular weight is 413 g/mol. The Balaban J connectivity index is 1.90. The zero-order valence-corrected chi connectivity index (χ0v) is 16.4. The van der Waals surface area contributed by atoms with Crippen molar-refractivity contribution < 1.29 is 13.9 Å². The van der Waals surface area contributed by atoms with E-state index < -0.39 is 23.7 Å². The quantitative estimate of drug-likeness (QED) is 0.640. The second-order valence-corrected chi connectivity index (χ2v) is 7.54. The molecule has 29 heavy (non-hydrogen) atoms. The van der Waals surface area contributed by atoms with Gasteiger partial charge < -0.3 is 10.0 Å². The van der Waals surface area contributed by atoms with Crippen molar-refractivity contribution in [3.8, 4) is 0 Å². The van der Waals surface area contributed by atoms with Crippen molar-refractivity contribution in [2.24, 2.45) is 0 Å². The van der Waals surface area contributed by atoms with E-state index in [0.717, 1.165) is 17.3 Å². The van der Waals surface area contributed by atoms with Gasteiger partial charge in [-0.1, -0.05) is 35.9 Å². The van der Waals surface area contributed by atoms with Gasteiger partial charge in [-0.3, -0.25) is 4.98 Å². The molecule has 0 fully saturated rings. The fraction of sp³-hybridized carbons (Fsp3) is 0.174.